The quantitative estimate of drug-likeness (QED) is 0.587. The second-order valence-electron chi connectivity index (χ2n) is 5.17. The monoisotopic (exact) mass is 310 g/mol. The molecule has 0 bridgehead atoms. The Morgan fingerprint density at radius 2 is 2.05 bits per heavy atom. The SMILES string of the molecule is Cc1cn2cc(-c3cnc4[nH]c(=O)ccc4c3)cc(Cl)c2n1. The first-order valence-corrected chi connectivity index (χ1v) is 7.12. The summed E-state index contributed by atoms with van der Waals surface area (Å²) in [6, 6.07) is 7.09. The van der Waals surface area contributed by atoms with Crippen molar-refractivity contribution in [3.8, 4) is 11.1 Å². The molecule has 4 aromatic rings. The highest BCUT2D eigenvalue weighted by Crippen LogP contribution is 2.27. The van der Waals surface area contributed by atoms with Crippen LogP contribution in [-0.4, -0.2) is 19.4 Å². The van der Waals surface area contributed by atoms with Gasteiger partial charge in [-0.2, -0.15) is 0 Å². The summed E-state index contributed by atoms with van der Waals surface area (Å²) in [5.41, 5.74) is 3.92. The van der Waals surface area contributed by atoms with Gasteiger partial charge >= 0.3 is 0 Å². The lowest BCUT2D eigenvalue weighted by Crippen LogP contribution is -2.03. The number of halogens is 1. The second kappa shape index (κ2) is 4.68. The Bertz CT molecular complexity index is 1080. The van der Waals surface area contributed by atoms with Crippen LogP contribution in [0.25, 0.3) is 27.8 Å². The van der Waals surface area contributed by atoms with E-state index in [1.807, 2.05) is 35.9 Å². The third-order valence-corrected chi connectivity index (χ3v) is 3.81. The van der Waals surface area contributed by atoms with Gasteiger partial charge in [0.2, 0.25) is 5.56 Å². The number of aromatic amines is 1. The van der Waals surface area contributed by atoms with E-state index in [9.17, 15) is 4.79 Å². The first-order chi connectivity index (χ1) is 10.6. The van der Waals surface area contributed by atoms with Gasteiger partial charge in [-0.05, 0) is 25.1 Å². The van der Waals surface area contributed by atoms with Gasteiger partial charge in [-0.15, -0.1) is 0 Å². The summed E-state index contributed by atoms with van der Waals surface area (Å²) in [5, 5.41) is 1.46. The number of H-pyrrole nitrogens is 1. The van der Waals surface area contributed by atoms with Crippen LogP contribution in [-0.2, 0) is 0 Å². The van der Waals surface area contributed by atoms with Crippen molar-refractivity contribution in [3.05, 3.63) is 63.9 Å². The van der Waals surface area contributed by atoms with Crippen LogP contribution >= 0.6 is 11.6 Å². The maximum Gasteiger partial charge on any atom is 0.249 e. The van der Waals surface area contributed by atoms with Gasteiger partial charge in [-0.25, -0.2) is 9.97 Å². The molecule has 4 heterocycles. The topological polar surface area (TPSA) is 63.1 Å². The van der Waals surface area contributed by atoms with Crippen molar-refractivity contribution in [2.75, 3.05) is 0 Å². The Morgan fingerprint density at radius 3 is 2.91 bits per heavy atom. The van der Waals surface area contributed by atoms with E-state index in [-0.39, 0.29) is 5.56 Å². The second-order valence-corrected chi connectivity index (χ2v) is 5.58. The molecule has 0 aliphatic rings. The number of fused-ring (bicyclic) bond motifs is 2. The van der Waals surface area contributed by atoms with E-state index in [1.165, 1.54) is 6.07 Å². The van der Waals surface area contributed by atoms with E-state index in [1.54, 1.807) is 12.3 Å². The zero-order valence-corrected chi connectivity index (χ0v) is 12.4. The van der Waals surface area contributed by atoms with Gasteiger partial charge in [0.25, 0.3) is 0 Å². The van der Waals surface area contributed by atoms with Crippen molar-refractivity contribution in [1.82, 2.24) is 19.4 Å². The van der Waals surface area contributed by atoms with Gasteiger partial charge in [0.15, 0.2) is 5.65 Å². The third kappa shape index (κ3) is 2.07. The first-order valence-electron chi connectivity index (χ1n) is 6.74. The molecule has 0 saturated heterocycles. The molecule has 0 atom stereocenters. The molecular weight excluding hydrogens is 300 g/mol. The van der Waals surface area contributed by atoms with Crippen LogP contribution in [0.3, 0.4) is 0 Å². The first kappa shape index (κ1) is 13.0. The molecule has 0 aliphatic carbocycles. The Balaban J connectivity index is 1.94. The van der Waals surface area contributed by atoms with Crippen LogP contribution in [0.5, 0.6) is 0 Å². The molecule has 0 amide bonds. The normalized spacial score (nSPS) is 11.4. The lowest BCUT2D eigenvalue weighted by molar-refractivity contribution is 1.18. The van der Waals surface area contributed by atoms with Crippen molar-refractivity contribution < 1.29 is 0 Å². The number of nitrogens with zero attached hydrogens (tertiary/aromatic N) is 3. The number of aryl methyl sites for hydroxylation is 1. The molecule has 0 fully saturated rings. The van der Waals surface area contributed by atoms with Gasteiger partial charge in [-0.3, -0.25) is 4.79 Å². The van der Waals surface area contributed by atoms with Crippen LogP contribution < -0.4 is 5.56 Å². The fourth-order valence-electron chi connectivity index (χ4n) is 2.53. The molecule has 22 heavy (non-hydrogen) atoms. The van der Waals surface area contributed by atoms with Crippen molar-refractivity contribution in [3.63, 3.8) is 0 Å². The largest absolute Gasteiger partial charge is 0.307 e. The van der Waals surface area contributed by atoms with E-state index in [4.69, 9.17) is 11.6 Å². The Kier molecular flexibility index (Phi) is 2.77. The van der Waals surface area contributed by atoms with E-state index in [0.29, 0.717) is 10.7 Å². The molecule has 4 aromatic heterocycles. The maximum atomic E-state index is 11.3. The zero-order valence-electron chi connectivity index (χ0n) is 11.7. The molecular formula is C16H11ClN4O. The summed E-state index contributed by atoms with van der Waals surface area (Å²) in [6.07, 6.45) is 5.62. The zero-order chi connectivity index (χ0) is 15.3. The van der Waals surface area contributed by atoms with E-state index in [2.05, 4.69) is 15.0 Å². The number of pyridine rings is 3. The molecule has 1 N–H and O–H groups in total. The minimum absolute atomic E-state index is 0.161. The third-order valence-electron chi connectivity index (χ3n) is 3.53. The predicted octanol–water partition coefficient (Wildman–Crippen LogP) is 3.20. The maximum absolute atomic E-state index is 11.3. The number of nitrogens with one attached hydrogen (secondary N) is 1. The van der Waals surface area contributed by atoms with Crippen LogP contribution in [0.4, 0.5) is 0 Å². The van der Waals surface area contributed by atoms with Gasteiger partial charge in [0.1, 0.15) is 5.65 Å². The summed E-state index contributed by atoms with van der Waals surface area (Å²) < 4.78 is 1.91. The average Bonchev–Trinajstić information content (AvgIpc) is 2.87. The molecule has 0 saturated carbocycles. The van der Waals surface area contributed by atoms with Crippen LogP contribution in [0.15, 0.2) is 47.7 Å². The minimum Gasteiger partial charge on any atom is -0.307 e. The Labute approximate surface area is 130 Å². The van der Waals surface area contributed by atoms with Crippen molar-refractivity contribution in [2.45, 2.75) is 6.92 Å². The lowest BCUT2D eigenvalue weighted by Gasteiger charge is -2.05. The highest BCUT2D eigenvalue weighted by atomic mass is 35.5. The number of hydrogen-bond donors (Lipinski definition) is 1. The number of rotatable bonds is 1. The number of aromatic nitrogens is 4. The molecule has 5 nitrogen and oxygen atoms in total. The predicted molar refractivity (Wildman–Crippen MR) is 86.3 cm³/mol. The molecule has 0 spiro atoms. The number of hydrogen-bond acceptors (Lipinski definition) is 3. The summed E-state index contributed by atoms with van der Waals surface area (Å²) >= 11 is 6.31. The van der Waals surface area contributed by atoms with Crippen molar-refractivity contribution in [2.24, 2.45) is 0 Å². The van der Waals surface area contributed by atoms with E-state index < -0.39 is 0 Å². The van der Waals surface area contributed by atoms with Crippen molar-refractivity contribution >= 4 is 28.3 Å². The highest BCUT2D eigenvalue weighted by Gasteiger charge is 2.08. The molecule has 6 heteroatoms. The molecule has 0 aliphatic heterocycles. The molecule has 108 valence electrons. The standard InChI is InChI=1S/C16H11ClN4O/c1-9-7-21-8-12(5-13(17)16(21)19-9)11-4-10-2-3-14(22)20-15(10)18-6-11/h2-8H,1H3,(H,18,20,22). The summed E-state index contributed by atoms with van der Waals surface area (Å²) in [6.45, 7) is 1.93. The Morgan fingerprint density at radius 1 is 1.18 bits per heavy atom. The van der Waals surface area contributed by atoms with Gasteiger partial charge < -0.3 is 9.38 Å². The fourth-order valence-corrected chi connectivity index (χ4v) is 2.79. The van der Waals surface area contributed by atoms with Gasteiger partial charge in [0, 0.05) is 41.2 Å². The lowest BCUT2D eigenvalue weighted by atomic mass is 10.1. The minimum atomic E-state index is -0.161. The highest BCUT2D eigenvalue weighted by molar-refractivity contribution is 6.33. The smallest absolute Gasteiger partial charge is 0.249 e. The van der Waals surface area contributed by atoms with E-state index in [0.717, 1.165) is 27.9 Å². The summed E-state index contributed by atoms with van der Waals surface area (Å²) in [4.78, 5) is 22.7. The number of imidazole rings is 1. The Hall–Kier alpha value is -2.66. The summed E-state index contributed by atoms with van der Waals surface area (Å²) in [5.74, 6) is 0. The van der Waals surface area contributed by atoms with Gasteiger partial charge in [0.05, 0.1) is 10.7 Å². The van der Waals surface area contributed by atoms with Crippen LogP contribution in [0, 0.1) is 6.92 Å². The van der Waals surface area contributed by atoms with Crippen LogP contribution in [0.1, 0.15) is 5.69 Å². The average molecular weight is 311 g/mol. The fraction of sp³-hybridized carbons (Fsp3) is 0.0625. The van der Waals surface area contributed by atoms with Crippen LogP contribution in [0.2, 0.25) is 5.02 Å². The van der Waals surface area contributed by atoms with Crippen molar-refractivity contribution in [1.29, 1.82) is 0 Å². The molecule has 4 rings (SSSR count). The van der Waals surface area contributed by atoms with E-state index >= 15 is 0 Å². The molecule has 0 radical (unpaired) electrons. The molecule has 0 aromatic carbocycles. The van der Waals surface area contributed by atoms with Gasteiger partial charge in [-0.1, -0.05) is 11.6 Å². The molecule has 0 unspecified atom stereocenters. The summed E-state index contributed by atoms with van der Waals surface area (Å²) in [7, 11) is 0.